The smallest absolute Gasteiger partial charge is 0.168 e. The number of ketones is 1. The molecule has 0 amide bonds. The van der Waals surface area contributed by atoms with Crippen LogP contribution in [0.1, 0.15) is 31.9 Å². The molecule has 0 spiro atoms. The second kappa shape index (κ2) is 5.90. The Balaban J connectivity index is 2.24. The second-order valence-corrected chi connectivity index (χ2v) is 5.81. The predicted octanol–water partition coefficient (Wildman–Crippen LogP) is 3.52. The standard InChI is InChI=1S/C17H22O3/c1-5-17(2,3)15-13(18)11-14(20-16(15)19-4)12-9-7-6-8-10-12/h5-10,14-16H,1,11H2,2-4H3. The van der Waals surface area contributed by atoms with Gasteiger partial charge in [-0.1, -0.05) is 50.3 Å². The number of Topliss-reactive ketones (excluding diaryl/α,β-unsaturated/α-hetero) is 1. The van der Waals surface area contributed by atoms with Gasteiger partial charge in [0, 0.05) is 13.5 Å². The number of carbonyl (C=O) groups is 1. The summed E-state index contributed by atoms with van der Waals surface area (Å²) in [6, 6.07) is 9.80. The molecule has 2 rings (SSSR count). The number of allylic oxidation sites excluding steroid dienone is 1. The highest BCUT2D eigenvalue weighted by atomic mass is 16.7. The van der Waals surface area contributed by atoms with Crippen LogP contribution in [0.5, 0.6) is 0 Å². The molecule has 0 saturated carbocycles. The minimum atomic E-state index is -0.533. The van der Waals surface area contributed by atoms with Crippen molar-refractivity contribution in [2.45, 2.75) is 32.7 Å². The first-order valence-electron chi connectivity index (χ1n) is 6.89. The maximum atomic E-state index is 12.5. The number of ether oxygens (including phenoxy) is 2. The van der Waals surface area contributed by atoms with E-state index >= 15 is 0 Å². The monoisotopic (exact) mass is 274 g/mol. The minimum absolute atomic E-state index is 0.168. The van der Waals surface area contributed by atoms with Crippen LogP contribution in [0.25, 0.3) is 0 Å². The van der Waals surface area contributed by atoms with E-state index in [0.717, 1.165) is 5.56 Å². The number of hydrogen-bond donors (Lipinski definition) is 0. The van der Waals surface area contributed by atoms with E-state index in [0.29, 0.717) is 6.42 Å². The van der Waals surface area contributed by atoms with Gasteiger partial charge in [-0.2, -0.15) is 0 Å². The van der Waals surface area contributed by atoms with Crippen molar-refractivity contribution < 1.29 is 14.3 Å². The Morgan fingerprint density at radius 3 is 2.55 bits per heavy atom. The molecule has 1 saturated heterocycles. The van der Waals surface area contributed by atoms with Crippen molar-refractivity contribution in [3.8, 4) is 0 Å². The fourth-order valence-corrected chi connectivity index (χ4v) is 2.70. The lowest BCUT2D eigenvalue weighted by Gasteiger charge is -2.41. The Bertz CT molecular complexity index is 478. The molecule has 1 aliphatic heterocycles. The zero-order valence-corrected chi connectivity index (χ0v) is 12.3. The van der Waals surface area contributed by atoms with E-state index in [9.17, 15) is 4.79 Å². The van der Waals surface area contributed by atoms with Crippen molar-refractivity contribution in [1.29, 1.82) is 0 Å². The van der Waals surface area contributed by atoms with Crippen LogP contribution in [-0.2, 0) is 14.3 Å². The fourth-order valence-electron chi connectivity index (χ4n) is 2.70. The van der Waals surface area contributed by atoms with Gasteiger partial charge in [-0.25, -0.2) is 0 Å². The third-order valence-electron chi connectivity index (χ3n) is 4.04. The molecule has 0 aliphatic carbocycles. The molecular formula is C17H22O3. The van der Waals surface area contributed by atoms with Gasteiger partial charge >= 0.3 is 0 Å². The fraction of sp³-hybridized carbons (Fsp3) is 0.471. The van der Waals surface area contributed by atoms with Crippen molar-refractivity contribution in [3.63, 3.8) is 0 Å². The number of rotatable bonds is 4. The summed E-state index contributed by atoms with van der Waals surface area (Å²) in [6.07, 6.45) is 1.42. The quantitative estimate of drug-likeness (QED) is 0.788. The third-order valence-corrected chi connectivity index (χ3v) is 4.04. The molecule has 1 aliphatic rings. The normalized spacial score (nSPS) is 27.4. The summed E-state index contributed by atoms with van der Waals surface area (Å²) in [4.78, 5) is 12.5. The van der Waals surface area contributed by atoms with Crippen LogP contribution >= 0.6 is 0 Å². The van der Waals surface area contributed by atoms with Crippen LogP contribution in [0.3, 0.4) is 0 Å². The summed E-state index contributed by atoms with van der Waals surface area (Å²) in [5, 5.41) is 0. The van der Waals surface area contributed by atoms with E-state index in [1.165, 1.54) is 0 Å². The van der Waals surface area contributed by atoms with E-state index in [2.05, 4.69) is 6.58 Å². The molecule has 0 bridgehead atoms. The third kappa shape index (κ3) is 2.84. The van der Waals surface area contributed by atoms with Crippen LogP contribution in [-0.4, -0.2) is 19.2 Å². The number of hydrogen-bond acceptors (Lipinski definition) is 3. The number of methoxy groups -OCH3 is 1. The summed E-state index contributed by atoms with van der Waals surface area (Å²) in [5.41, 5.74) is 0.664. The molecule has 0 aromatic heterocycles. The lowest BCUT2D eigenvalue weighted by atomic mass is 9.73. The van der Waals surface area contributed by atoms with Crippen LogP contribution in [0, 0.1) is 11.3 Å². The zero-order valence-electron chi connectivity index (χ0n) is 12.3. The largest absolute Gasteiger partial charge is 0.355 e. The summed E-state index contributed by atoms with van der Waals surface area (Å²) >= 11 is 0. The lowest BCUT2D eigenvalue weighted by Crippen LogP contribution is -2.46. The summed E-state index contributed by atoms with van der Waals surface area (Å²) in [7, 11) is 1.58. The Labute approximate surface area is 120 Å². The van der Waals surface area contributed by atoms with Crippen LogP contribution in [0.2, 0.25) is 0 Å². The first kappa shape index (κ1) is 14.9. The first-order valence-corrected chi connectivity index (χ1v) is 6.89. The molecule has 108 valence electrons. The van der Waals surface area contributed by atoms with Crippen LogP contribution < -0.4 is 0 Å². The highest BCUT2D eigenvalue weighted by molar-refractivity contribution is 5.83. The Morgan fingerprint density at radius 1 is 1.35 bits per heavy atom. The number of carbonyl (C=O) groups excluding carboxylic acids is 1. The molecule has 3 nitrogen and oxygen atoms in total. The van der Waals surface area contributed by atoms with Crippen molar-refractivity contribution in [2.24, 2.45) is 11.3 Å². The molecular weight excluding hydrogens is 252 g/mol. The molecule has 3 atom stereocenters. The van der Waals surface area contributed by atoms with Crippen molar-refractivity contribution >= 4 is 5.78 Å². The number of benzene rings is 1. The van der Waals surface area contributed by atoms with Gasteiger partial charge in [0.2, 0.25) is 0 Å². The molecule has 1 heterocycles. The average Bonchev–Trinajstić information content (AvgIpc) is 2.47. The van der Waals surface area contributed by atoms with E-state index in [4.69, 9.17) is 9.47 Å². The average molecular weight is 274 g/mol. The van der Waals surface area contributed by atoms with Gasteiger partial charge in [-0.15, -0.1) is 6.58 Å². The molecule has 20 heavy (non-hydrogen) atoms. The van der Waals surface area contributed by atoms with Gasteiger partial charge in [0.15, 0.2) is 6.29 Å². The van der Waals surface area contributed by atoms with E-state index < -0.39 is 6.29 Å². The summed E-state index contributed by atoms with van der Waals surface area (Å²) in [6.45, 7) is 7.80. The predicted molar refractivity (Wildman–Crippen MR) is 78.2 cm³/mol. The Kier molecular flexibility index (Phi) is 4.41. The molecule has 1 aromatic carbocycles. The zero-order chi connectivity index (χ0) is 14.8. The Hall–Kier alpha value is -1.45. The molecule has 3 unspecified atom stereocenters. The molecule has 1 fully saturated rings. The van der Waals surface area contributed by atoms with Gasteiger partial charge in [0.25, 0.3) is 0 Å². The van der Waals surface area contributed by atoms with E-state index in [-0.39, 0.29) is 23.2 Å². The van der Waals surface area contributed by atoms with Gasteiger partial charge in [-0.3, -0.25) is 4.79 Å². The van der Waals surface area contributed by atoms with Crippen LogP contribution in [0.15, 0.2) is 43.0 Å². The van der Waals surface area contributed by atoms with Crippen LogP contribution in [0.4, 0.5) is 0 Å². The lowest BCUT2D eigenvalue weighted by molar-refractivity contribution is -0.220. The van der Waals surface area contributed by atoms with E-state index in [1.807, 2.05) is 44.2 Å². The molecule has 3 heteroatoms. The van der Waals surface area contributed by atoms with Gasteiger partial charge in [0.05, 0.1) is 12.0 Å². The molecule has 0 N–H and O–H groups in total. The highest BCUT2D eigenvalue weighted by Gasteiger charge is 2.45. The van der Waals surface area contributed by atoms with Gasteiger partial charge in [0.1, 0.15) is 5.78 Å². The second-order valence-electron chi connectivity index (χ2n) is 5.81. The maximum absolute atomic E-state index is 12.5. The maximum Gasteiger partial charge on any atom is 0.168 e. The van der Waals surface area contributed by atoms with Crippen molar-refractivity contribution in [1.82, 2.24) is 0 Å². The SMILES string of the molecule is C=CC(C)(C)C1C(=O)CC(c2ccccc2)OC1OC. The van der Waals surface area contributed by atoms with Crippen molar-refractivity contribution in [3.05, 3.63) is 48.6 Å². The minimum Gasteiger partial charge on any atom is -0.355 e. The molecule has 0 radical (unpaired) electrons. The highest BCUT2D eigenvalue weighted by Crippen LogP contribution is 2.41. The van der Waals surface area contributed by atoms with Crippen molar-refractivity contribution in [2.75, 3.05) is 7.11 Å². The Morgan fingerprint density at radius 2 is 2.00 bits per heavy atom. The molecule has 1 aromatic rings. The summed E-state index contributed by atoms with van der Waals surface area (Å²) < 4.78 is 11.4. The van der Waals surface area contributed by atoms with Gasteiger partial charge in [-0.05, 0) is 11.0 Å². The first-order chi connectivity index (χ1) is 9.49. The topological polar surface area (TPSA) is 35.5 Å². The summed E-state index contributed by atoms with van der Waals surface area (Å²) in [5.74, 6) is -0.146. The van der Waals surface area contributed by atoms with E-state index in [1.54, 1.807) is 13.2 Å². The van der Waals surface area contributed by atoms with Gasteiger partial charge < -0.3 is 9.47 Å².